The van der Waals surface area contributed by atoms with Crippen LogP contribution >= 0.6 is 0 Å². The molecule has 2 aliphatic heterocycles. The van der Waals surface area contributed by atoms with E-state index in [0.29, 0.717) is 13.1 Å². The van der Waals surface area contributed by atoms with E-state index >= 15 is 0 Å². The van der Waals surface area contributed by atoms with Crippen LogP contribution in [-0.2, 0) is 16.1 Å². The van der Waals surface area contributed by atoms with Gasteiger partial charge >= 0.3 is 0 Å². The summed E-state index contributed by atoms with van der Waals surface area (Å²) in [6.45, 7) is 10.5. The summed E-state index contributed by atoms with van der Waals surface area (Å²) in [4.78, 5) is 33.3. The van der Waals surface area contributed by atoms with Gasteiger partial charge in [-0.25, -0.2) is 0 Å². The van der Waals surface area contributed by atoms with Crippen LogP contribution in [0, 0.1) is 0 Å². The van der Waals surface area contributed by atoms with Gasteiger partial charge in [0.2, 0.25) is 11.8 Å². The summed E-state index contributed by atoms with van der Waals surface area (Å²) < 4.78 is 0. The minimum absolute atomic E-state index is 0.0162. The van der Waals surface area contributed by atoms with E-state index in [1.165, 1.54) is 5.56 Å². The number of likely N-dealkylation sites (N-methyl/N-ethyl adjacent to an activating group) is 1. The number of piperazine rings is 2. The molecule has 0 radical (unpaired) electrons. The SMILES string of the molecule is CCN1CCN(C(=O)CC(=O)N2CCN(Cc3ccccc3)CC2)CC1. The van der Waals surface area contributed by atoms with E-state index in [-0.39, 0.29) is 18.2 Å². The minimum Gasteiger partial charge on any atom is -0.340 e. The molecule has 2 fully saturated rings. The highest BCUT2D eigenvalue weighted by atomic mass is 16.2. The fourth-order valence-electron chi connectivity index (χ4n) is 3.66. The molecule has 0 bridgehead atoms. The maximum atomic E-state index is 12.5. The van der Waals surface area contributed by atoms with Gasteiger partial charge in [0.25, 0.3) is 0 Å². The zero-order valence-corrected chi connectivity index (χ0v) is 15.8. The van der Waals surface area contributed by atoms with E-state index < -0.39 is 0 Å². The van der Waals surface area contributed by atoms with E-state index in [2.05, 4.69) is 41.0 Å². The number of nitrogens with zero attached hydrogens (tertiary/aromatic N) is 4. The summed E-state index contributed by atoms with van der Waals surface area (Å²) in [5.41, 5.74) is 1.30. The molecule has 1 aromatic carbocycles. The van der Waals surface area contributed by atoms with E-state index in [9.17, 15) is 9.59 Å². The average Bonchev–Trinajstić information content (AvgIpc) is 2.69. The molecule has 0 unspecified atom stereocenters. The van der Waals surface area contributed by atoms with Crippen LogP contribution in [0.5, 0.6) is 0 Å². The minimum atomic E-state index is -0.0210. The Kier molecular flexibility index (Phi) is 6.63. The third-order valence-electron chi connectivity index (χ3n) is 5.45. The normalized spacial score (nSPS) is 19.6. The molecule has 0 aliphatic carbocycles. The number of carbonyl (C=O) groups is 2. The largest absolute Gasteiger partial charge is 0.340 e. The number of hydrogen-bond donors (Lipinski definition) is 0. The second-order valence-corrected chi connectivity index (χ2v) is 7.13. The number of amides is 2. The van der Waals surface area contributed by atoms with Gasteiger partial charge in [0, 0.05) is 58.9 Å². The van der Waals surface area contributed by atoms with Crippen LogP contribution in [0.25, 0.3) is 0 Å². The fraction of sp³-hybridized carbons (Fsp3) is 0.600. The standard InChI is InChI=1S/C20H30N4O2/c1-2-21-8-12-23(13-9-21)19(25)16-20(26)24-14-10-22(11-15-24)17-18-6-4-3-5-7-18/h3-7H,2,8-17H2,1H3. The van der Waals surface area contributed by atoms with Crippen molar-refractivity contribution in [2.24, 2.45) is 0 Å². The fourth-order valence-corrected chi connectivity index (χ4v) is 3.66. The lowest BCUT2D eigenvalue weighted by molar-refractivity contribution is -0.142. The molecule has 3 rings (SSSR count). The van der Waals surface area contributed by atoms with Crippen molar-refractivity contribution in [2.75, 3.05) is 58.9 Å². The van der Waals surface area contributed by atoms with Gasteiger partial charge in [-0.15, -0.1) is 0 Å². The predicted molar refractivity (Wildman–Crippen MR) is 102 cm³/mol. The summed E-state index contributed by atoms with van der Waals surface area (Å²) in [7, 11) is 0. The van der Waals surface area contributed by atoms with E-state index in [0.717, 1.165) is 52.4 Å². The van der Waals surface area contributed by atoms with Crippen molar-refractivity contribution in [1.29, 1.82) is 0 Å². The maximum absolute atomic E-state index is 12.5. The molecular formula is C20H30N4O2. The average molecular weight is 358 g/mol. The molecule has 2 saturated heterocycles. The lowest BCUT2D eigenvalue weighted by Gasteiger charge is -2.36. The van der Waals surface area contributed by atoms with Crippen molar-refractivity contribution in [3.8, 4) is 0 Å². The first kappa shape index (κ1) is 18.9. The third-order valence-corrected chi connectivity index (χ3v) is 5.45. The van der Waals surface area contributed by atoms with E-state index in [1.54, 1.807) is 0 Å². The van der Waals surface area contributed by atoms with Crippen LogP contribution in [-0.4, -0.2) is 90.3 Å². The van der Waals surface area contributed by atoms with Crippen molar-refractivity contribution in [1.82, 2.24) is 19.6 Å². The van der Waals surface area contributed by atoms with Gasteiger partial charge in [0.05, 0.1) is 0 Å². The predicted octanol–water partition coefficient (Wildman–Crippen LogP) is 0.885. The van der Waals surface area contributed by atoms with Crippen molar-refractivity contribution in [3.05, 3.63) is 35.9 Å². The van der Waals surface area contributed by atoms with Crippen LogP contribution in [0.1, 0.15) is 18.9 Å². The van der Waals surface area contributed by atoms with Crippen LogP contribution in [0.4, 0.5) is 0 Å². The van der Waals surface area contributed by atoms with Crippen LogP contribution in [0.2, 0.25) is 0 Å². The van der Waals surface area contributed by atoms with Gasteiger partial charge in [0.1, 0.15) is 6.42 Å². The smallest absolute Gasteiger partial charge is 0.232 e. The van der Waals surface area contributed by atoms with E-state index in [1.807, 2.05) is 15.9 Å². The van der Waals surface area contributed by atoms with Crippen LogP contribution in [0.15, 0.2) is 30.3 Å². The van der Waals surface area contributed by atoms with Crippen molar-refractivity contribution < 1.29 is 9.59 Å². The zero-order chi connectivity index (χ0) is 18.4. The molecule has 2 heterocycles. The Labute approximate surface area is 156 Å². The Morgan fingerprint density at radius 2 is 1.27 bits per heavy atom. The number of rotatable bonds is 5. The molecular weight excluding hydrogens is 328 g/mol. The first-order valence-electron chi connectivity index (χ1n) is 9.70. The lowest BCUT2D eigenvalue weighted by Crippen LogP contribution is -2.51. The molecule has 26 heavy (non-hydrogen) atoms. The number of benzene rings is 1. The molecule has 2 aliphatic rings. The second kappa shape index (κ2) is 9.14. The molecule has 0 N–H and O–H groups in total. The lowest BCUT2D eigenvalue weighted by atomic mass is 10.2. The summed E-state index contributed by atoms with van der Waals surface area (Å²) >= 11 is 0. The van der Waals surface area contributed by atoms with Gasteiger partial charge in [-0.2, -0.15) is 0 Å². The van der Waals surface area contributed by atoms with Gasteiger partial charge in [-0.3, -0.25) is 14.5 Å². The summed E-state index contributed by atoms with van der Waals surface area (Å²) in [5, 5.41) is 0. The van der Waals surface area contributed by atoms with Gasteiger partial charge < -0.3 is 14.7 Å². The first-order chi connectivity index (χ1) is 12.7. The summed E-state index contributed by atoms with van der Waals surface area (Å²) in [5.74, 6) is -0.0373. The van der Waals surface area contributed by atoms with E-state index in [4.69, 9.17) is 0 Å². The first-order valence-corrected chi connectivity index (χ1v) is 9.70. The highest BCUT2D eigenvalue weighted by Gasteiger charge is 2.26. The Balaban J connectivity index is 1.40. The highest BCUT2D eigenvalue weighted by Crippen LogP contribution is 2.10. The summed E-state index contributed by atoms with van der Waals surface area (Å²) in [6, 6.07) is 10.4. The molecule has 0 aromatic heterocycles. The summed E-state index contributed by atoms with van der Waals surface area (Å²) in [6.07, 6.45) is 0.0187. The van der Waals surface area contributed by atoms with Gasteiger partial charge in [0.15, 0.2) is 0 Å². The van der Waals surface area contributed by atoms with Gasteiger partial charge in [-0.05, 0) is 12.1 Å². The molecule has 0 saturated carbocycles. The molecule has 0 spiro atoms. The molecule has 6 heteroatoms. The molecule has 6 nitrogen and oxygen atoms in total. The van der Waals surface area contributed by atoms with Crippen LogP contribution in [0.3, 0.4) is 0 Å². The molecule has 142 valence electrons. The zero-order valence-electron chi connectivity index (χ0n) is 15.8. The van der Waals surface area contributed by atoms with Crippen LogP contribution < -0.4 is 0 Å². The maximum Gasteiger partial charge on any atom is 0.232 e. The number of carbonyl (C=O) groups excluding carboxylic acids is 2. The van der Waals surface area contributed by atoms with Crippen molar-refractivity contribution in [2.45, 2.75) is 19.9 Å². The Bertz CT molecular complexity index is 591. The third kappa shape index (κ3) is 5.05. The molecule has 1 aromatic rings. The Morgan fingerprint density at radius 3 is 1.77 bits per heavy atom. The van der Waals surface area contributed by atoms with Crippen molar-refractivity contribution in [3.63, 3.8) is 0 Å². The Hall–Kier alpha value is -1.92. The quantitative estimate of drug-likeness (QED) is 0.734. The Morgan fingerprint density at radius 1 is 0.769 bits per heavy atom. The number of hydrogen-bond acceptors (Lipinski definition) is 4. The van der Waals surface area contributed by atoms with Crippen molar-refractivity contribution >= 4 is 11.8 Å². The molecule has 2 amide bonds. The van der Waals surface area contributed by atoms with Gasteiger partial charge in [-0.1, -0.05) is 37.3 Å². The monoisotopic (exact) mass is 358 g/mol. The molecule has 0 atom stereocenters. The second-order valence-electron chi connectivity index (χ2n) is 7.13. The highest BCUT2D eigenvalue weighted by molar-refractivity contribution is 5.97. The topological polar surface area (TPSA) is 47.1 Å².